The summed E-state index contributed by atoms with van der Waals surface area (Å²) in [5.74, 6) is 0. The van der Waals surface area contributed by atoms with Crippen molar-refractivity contribution in [3.63, 3.8) is 0 Å². The number of quaternary nitrogens is 1. The van der Waals surface area contributed by atoms with E-state index in [-0.39, 0.29) is 15.5 Å². The van der Waals surface area contributed by atoms with Gasteiger partial charge in [-0.15, -0.1) is 0 Å². The van der Waals surface area contributed by atoms with Crippen molar-refractivity contribution in [2.45, 2.75) is 9.79 Å². The van der Waals surface area contributed by atoms with E-state index in [1.54, 1.807) is 18.2 Å². The maximum absolute atomic E-state index is 12.2. The minimum atomic E-state index is -3.50. The van der Waals surface area contributed by atoms with Gasteiger partial charge in [0.15, 0.2) is 5.69 Å². The number of hydrogen-bond acceptors (Lipinski definition) is 4. The molecular formula is C12H9NO4S. The second kappa shape index (κ2) is 3.63. The molecule has 3 rings (SSSR count). The van der Waals surface area contributed by atoms with Crippen LogP contribution >= 0.6 is 0 Å². The van der Waals surface area contributed by atoms with Crippen molar-refractivity contribution in [2.24, 2.45) is 0 Å². The predicted octanol–water partition coefficient (Wildman–Crippen LogP) is 0.903. The smallest absolute Gasteiger partial charge is 0.207 e. The van der Waals surface area contributed by atoms with Gasteiger partial charge in [0.25, 0.3) is 0 Å². The van der Waals surface area contributed by atoms with Gasteiger partial charge in [0, 0.05) is 23.3 Å². The van der Waals surface area contributed by atoms with Crippen molar-refractivity contribution in [2.75, 3.05) is 0 Å². The topological polar surface area (TPSA) is 81.9 Å². The molecule has 6 heteroatoms. The molecule has 2 N–H and O–H groups in total. The van der Waals surface area contributed by atoms with E-state index in [0.29, 0.717) is 11.1 Å². The highest BCUT2D eigenvalue weighted by Gasteiger charge is 2.33. The number of rotatable bonds is 1. The molecule has 0 aliphatic carbocycles. The summed E-state index contributed by atoms with van der Waals surface area (Å²) in [5.41, 5.74) is 1.11. The molecule has 2 aromatic rings. The second-order valence-corrected chi connectivity index (χ2v) is 5.90. The van der Waals surface area contributed by atoms with E-state index in [2.05, 4.69) is 0 Å². The fourth-order valence-electron chi connectivity index (χ4n) is 2.15. The zero-order chi connectivity index (χ0) is 12.9. The van der Waals surface area contributed by atoms with E-state index >= 15 is 0 Å². The Morgan fingerprint density at radius 3 is 2.39 bits per heavy atom. The van der Waals surface area contributed by atoms with Crippen molar-refractivity contribution < 1.29 is 18.9 Å². The first-order chi connectivity index (χ1) is 8.51. The number of fused-ring (bicyclic) bond motifs is 3. The number of nitrogens with one attached hydrogen (secondary N) is 1. The third-order valence-corrected chi connectivity index (χ3v) is 4.85. The van der Waals surface area contributed by atoms with E-state index in [1.165, 1.54) is 24.3 Å². The van der Waals surface area contributed by atoms with Crippen molar-refractivity contribution in [1.29, 1.82) is 0 Å². The van der Waals surface area contributed by atoms with Crippen LogP contribution in [0.15, 0.2) is 52.3 Å². The number of benzene rings is 2. The van der Waals surface area contributed by atoms with Crippen LogP contribution < -0.4 is 5.23 Å². The van der Waals surface area contributed by atoms with Crippen molar-refractivity contribution in [1.82, 2.24) is 0 Å². The van der Waals surface area contributed by atoms with E-state index in [4.69, 9.17) is 5.21 Å². The fourth-order valence-corrected chi connectivity index (χ4v) is 3.82. The molecule has 1 unspecified atom stereocenters. The maximum Gasteiger partial charge on any atom is 0.207 e. The molecule has 0 radical (unpaired) electrons. The van der Waals surface area contributed by atoms with Gasteiger partial charge >= 0.3 is 0 Å². The molecule has 1 aliphatic heterocycles. The zero-order valence-corrected chi connectivity index (χ0v) is 9.94. The van der Waals surface area contributed by atoms with Crippen molar-refractivity contribution in [3.8, 4) is 11.1 Å². The molecule has 0 fully saturated rings. The van der Waals surface area contributed by atoms with Crippen LogP contribution in [0.25, 0.3) is 11.1 Å². The lowest BCUT2D eigenvalue weighted by Crippen LogP contribution is -2.99. The Morgan fingerprint density at radius 2 is 1.67 bits per heavy atom. The molecule has 1 aliphatic rings. The SMILES string of the molecule is O=S1(=O)c2ccccc2-c2cc([NH+]([O-])O)ccc21. The molecule has 92 valence electrons. The lowest BCUT2D eigenvalue weighted by molar-refractivity contribution is -0.991. The van der Waals surface area contributed by atoms with Gasteiger partial charge in [0.2, 0.25) is 9.84 Å². The summed E-state index contributed by atoms with van der Waals surface area (Å²) in [6.45, 7) is 0. The maximum atomic E-state index is 12.2. The Bertz CT molecular complexity index is 737. The highest BCUT2D eigenvalue weighted by atomic mass is 32.2. The first-order valence-corrected chi connectivity index (χ1v) is 6.72. The Morgan fingerprint density at radius 1 is 1.00 bits per heavy atom. The molecule has 1 atom stereocenters. The summed E-state index contributed by atoms with van der Waals surface area (Å²) in [4.78, 5) is 0.413. The highest BCUT2D eigenvalue weighted by Crippen LogP contribution is 2.43. The van der Waals surface area contributed by atoms with Gasteiger partial charge in [0.05, 0.1) is 9.79 Å². The molecule has 0 amide bonds. The van der Waals surface area contributed by atoms with E-state index < -0.39 is 15.1 Å². The highest BCUT2D eigenvalue weighted by molar-refractivity contribution is 7.92. The summed E-state index contributed by atoms with van der Waals surface area (Å²) in [6, 6.07) is 10.7. The molecular weight excluding hydrogens is 254 g/mol. The second-order valence-electron chi connectivity index (χ2n) is 4.02. The molecule has 18 heavy (non-hydrogen) atoms. The van der Waals surface area contributed by atoms with Crippen LogP contribution in [-0.2, 0) is 9.84 Å². The quantitative estimate of drug-likeness (QED) is 0.639. The molecule has 0 bridgehead atoms. The van der Waals surface area contributed by atoms with E-state index in [0.717, 1.165) is 0 Å². The fraction of sp³-hybridized carbons (Fsp3) is 0. The average Bonchev–Trinajstić information content (AvgIpc) is 2.59. The Hall–Kier alpha value is -1.73. The average molecular weight is 263 g/mol. The molecule has 0 aromatic heterocycles. The number of hydrogen-bond donors (Lipinski definition) is 2. The van der Waals surface area contributed by atoms with Crippen LogP contribution in [0.2, 0.25) is 0 Å². The Balaban J connectivity index is 2.37. The van der Waals surface area contributed by atoms with Gasteiger partial charge in [-0.2, -0.15) is 5.23 Å². The number of sulfone groups is 1. The van der Waals surface area contributed by atoms with Crippen LogP contribution in [0.4, 0.5) is 5.69 Å². The molecule has 0 spiro atoms. The Labute approximate surface area is 103 Å². The van der Waals surface area contributed by atoms with Crippen molar-refractivity contribution in [3.05, 3.63) is 47.7 Å². The van der Waals surface area contributed by atoms with Crippen LogP contribution in [0, 0.1) is 5.21 Å². The van der Waals surface area contributed by atoms with Gasteiger partial charge in [-0.25, -0.2) is 13.6 Å². The summed E-state index contributed by atoms with van der Waals surface area (Å²) >= 11 is 0. The monoisotopic (exact) mass is 263 g/mol. The minimum absolute atomic E-state index is 0.0839. The minimum Gasteiger partial charge on any atom is -0.595 e. The lowest BCUT2D eigenvalue weighted by Gasteiger charge is -2.12. The summed E-state index contributed by atoms with van der Waals surface area (Å²) in [6.07, 6.45) is 0. The first-order valence-electron chi connectivity index (χ1n) is 5.23. The van der Waals surface area contributed by atoms with Crippen LogP contribution in [-0.4, -0.2) is 13.6 Å². The van der Waals surface area contributed by atoms with Gasteiger partial charge in [-0.3, -0.25) is 0 Å². The lowest BCUT2D eigenvalue weighted by atomic mass is 10.1. The van der Waals surface area contributed by atoms with Crippen LogP contribution in [0.1, 0.15) is 0 Å². The van der Waals surface area contributed by atoms with E-state index in [9.17, 15) is 13.6 Å². The molecule has 0 saturated heterocycles. The first kappa shape index (κ1) is 11.4. The zero-order valence-electron chi connectivity index (χ0n) is 9.12. The third-order valence-electron chi connectivity index (χ3n) is 2.98. The van der Waals surface area contributed by atoms with Crippen LogP contribution in [0.3, 0.4) is 0 Å². The summed E-state index contributed by atoms with van der Waals surface area (Å²) in [7, 11) is -3.50. The van der Waals surface area contributed by atoms with Gasteiger partial charge in [0.1, 0.15) is 0 Å². The third kappa shape index (κ3) is 1.41. The van der Waals surface area contributed by atoms with Gasteiger partial charge in [-0.05, 0) is 12.1 Å². The molecule has 0 saturated carbocycles. The molecule has 2 aromatic carbocycles. The molecule has 1 heterocycles. The molecule has 5 nitrogen and oxygen atoms in total. The van der Waals surface area contributed by atoms with Gasteiger partial charge < -0.3 is 5.21 Å². The van der Waals surface area contributed by atoms with Crippen LogP contribution in [0.5, 0.6) is 0 Å². The van der Waals surface area contributed by atoms with E-state index in [1.807, 2.05) is 0 Å². The normalized spacial score (nSPS) is 17.0. The summed E-state index contributed by atoms with van der Waals surface area (Å²) < 4.78 is 24.4. The largest absolute Gasteiger partial charge is 0.595 e. The summed E-state index contributed by atoms with van der Waals surface area (Å²) in [5, 5.41) is 18.8. The van der Waals surface area contributed by atoms with Gasteiger partial charge in [-0.1, -0.05) is 18.2 Å². The predicted molar refractivity (Wildman–Crippen MR) is 63.1 cm³/mol. The standard InChI is InChI=1S/C12H9NO4S/c14-13(15)8-5-6-12-10(7-8)9-3-1-2-4-11(9)18(12,16)17/h1-7,13-14H. The Kier molecular flexibility index (Phi) is 2.29. The van der Waals surface area contributed by atoms with Crippen molar-refractivity contribution >= 4 is 15.5 Å².